The number of fused-ring (bicyclic) bond motifs is 1. The zero-order valence-electron chi connectivity index (χ0n) is 18.9. The van der Waals surface area contributed by atoms with Gasteiger partial charge in [0.2, 0.25) is 0 Å². The second-order valence-corrected chi connectivity index (χ2v) is 8.96. The minimum atomic E-state index is -4.48. The van der Waals surface area contributed by atoms with Crippen molar-refractivity contribution in [3.05, 3.63) is 53.7 Å². The molecular formula is C26H34F3NO. The van der Waals surface area contributed by atoms with Crippen LogP contribution >= 0.6 is 0 Å². The van der Waals surface area contributed by atoms with Crippen LogP contribution in [0.4, 0.5) is 13.2 Å². The molecular weight excluding hydrogens is 399 g/mol. The Bertz CT molecular complexity index is 897. The van der Waals surface area contributed by atoms with E-state index in [9.17, 15) is 13.2 Å². The van der Waals surface area contributed by atoms with Crippen LogP contribution in [-0.4, -0.2) is 17.5 Å². The molecule has 0 spiro atoms. The minimum Gasteiger partial charge on any atom is -0.490 e. The summed E-state index contributed by atoms with van der Waals surface area (Å²) in [6.07, 6.45) is 1.05. The van der Waals surface area contributed by atoms with Crippen molar-refractivity contribution in [3.63, 3.8) is 0 Å². The Morgan fingerprint density at radius 1 is 1.10 bits per heavy atom. The third kappa shape index (κ3) is 5.75. The molecule has 1 aliphatic rings. The number of hydrogen-bond donors (Lipinski definition) is 0. The van der Waals surface area contributed by atoms with Gasteiger partial charge in [0, 0.05) is 18.8 Å². The van der Waals surface area contributed by atoms with Gasteiger partial charge in [-0.2, -0.15) is 13.2 Å². The van der Waals surface area contributed by atoms with Crippen molar-refractivity contribution in [1.29, 1.82) is 0 Å². The number of alkyl halides is 3. The van der Waals surface area contributed by atoms with Gasteiger partial charge in [-0.1, -0.05) is 51.1 Å². The maximum Gasteiger partial charge on any atom is 0.420 e. The van der Waals surface area contributed by atoms with Crippen molar-refractivity contribution in [2.75, 3.05) is 6.54 Å². The Morgan fingerprint density at radius 2 is 1.81 bits per heavy atom. The van der Waals surface area contributed by atoms with Crippen molar-refractivity contribution in [2.45, 2.75) is 78.1 Å². The fourth-order valence-electron chi connectivity index (χ4n) is 4.42. The molecule has 2 nitrogen and oxygen atoms in total. The average Bonchev–Trinajstić information content (AvgIpc) is 2.71. The summed E-state index contributed by atoms with van der Waals surface area (Å²) < 4.78 is 48.5. The average molecular weight is 434 g/mol. The first kappa shape index (κ1) is 23.5. The van der Waals surface area contributed by atoms with Gasteiger partial charge < -0.3 is 9.64 Å². The molecule has 0 amide bonds. The summed E-state index contributed by atoms with van der Waals surface area (Å²) >= 11 is 0. The molecule has 2 aromatic rings. The van der Waals surface area contributed by atoms with Gasteiger partial charge in [0.1, 0.15) is 11.3 Å². The number of hydrogen-bond acceptors (Lipinski definition) is 2. The summed E-state index contributed by atoms with van der Waals surface area (Å²) in [5, 5.41) is 0.839. The van der Waals surface area contributed by atoms with Crippen LogP contribution in [0.3, 0.4) is 0 Å². The monoisotopic (exact) mass is 433 g/mol. The molecule has 0 aliphatic heterocycles. The van der Waals surface area contributed by atoms with E-state index in [4.69, 9.17) is 4.74 Å². The first-order chi connectivity index (χ1) is 14.7. The van der Waals surface area contributed by atoms with Crippen LogP contribution in [0.15, 0.2) is 42.6 Å². The Kier molecular flexibility index (Phi) is 7.55. The van der Waals surface area contributed by atoms with Crippen molar-refractivity contribution in [1.82, 2.24) is 4.90 Å². The molecule has 0 atom stereocenters. The third-order valence-electron chi connectivity index (χ3n) is 6.34. The molecule has 1 fully saturated rings. The predicted octanol–water partition coefficient (Wildman–Crippen LogP) is 7.95. The molecule has 0 unspecified atom stereocenters. The lowest BCUT2D eigenvalue weighted by Gasteiger charge is -2.29. The van der Waals surface area contributed by atoms with Gasteiger partial charge in [0.05, 0.1) is 6.10 Å². The number of benzene rings is 2. The Labute approximate surface area is 184 Å². The lowest BCUT2D eigenvalue weighted by Crippen LogP contribution is -2.24. The molecule has 0 radical (unpaired) electrons. The molecule has 170 valence electrons. The predicted molar refractivity (Wildman–Crippen MR) is 121 cm³/mol. The zero-order valence-corrected chi connectivity index (χ0v) is 18.9. The summed E-state index contributed by atoms with van der Waals surface area (Å²) in [4.78, 5) is 2.14. The Balaban J connectivity index is 1.98. The summed E-state index contributed by atoms with van der Waals surface area (Å²) in [6.45, 7) is 11.7. The summed E-state index contributed by atoms with van der Waals surface area (Å²) in [6, 6.07) is 8.50. The molecule has 0 aromatic heterocycles. The largest absolute Gasteiger partial charge is 0.490 e. The normalized spacial score (nSPS) is 19.4. The first-order valence-corrected chi connectivity index (χ1v) is 11.4. The second kappa shape index (κ2) is 9.97. The zero-order chi connectivity index (χ0) is 22.6. The van der Waals surface area contributed by atoms with Crippen LogP contribution in [0.2, 0.25) is 0 Å². The molecule has 5 heteroatoms. The topological polar surface area (TPSA) is 12.5 Å². The summed E-state index contributed by atoms with van der Waals surface area (Å²) in [7, 11) is 0. The van der Waals surface area contributed by atoms with Gasteiger partial charge in [-0.15, -0.1) is 0 Å². The smallest absolute Gasteiger partial charge is 0.420 e. The highest BCUT2D eigenvalue weighted by atomic mass is 19.4. The molecule has 1 aliphatic carbocycles. The molecule has 1 saturated carbocycles. The SMILES string of the molecule is C=C(C)N(CCCC)Cc1cccc2c(C(F)(F)F)c(OC3CCC(C)CC3)ccc12. The summed E-state index contributed by atoms with van der Waals surface area (Å²) in [5.41, 5.74) is 1.15. The Hall–Kier alpha value is -2.17. The van der Waals surface area contributed by atoms with Crippen molar-refractivity contribution >= 4 is 10.8 Å². The highest BCUT2D eigenvalue weighted by molar-refractivity contribution is 5.91. The Morgan fingerprint density at radius 3 is 2.42 bits per heavy atom. The lowest BCUT2D eigenvalue weighted by molar-refractivity contribution is -0.138. The second-order valence-electron chi connectivity index (χ2n) is 8.96. The molecule has 31 heavy (non-hydrogen) atoms. The van der Waals surface area contributed by atoms with Crippen LogP contribution in [-0.2, 0) is 12.7 Å². The number of unbranched alkanes of at least 4 members (excludes halogenated alkanes) is 1. The maximum atomic E-state index is 14.2. The third-order valence-corrected chi connectivity index (χ3v) is 6.34. The van der Waals surface area contributed by atoms with Crippen LogP contribution in [0, 0.1) is 5.92 Å². The molecule has 0 N–H and O–H groups in total. The number of ether oxygens (including phenoxy) is 1. The van der Waals surface area contributed by atoms with E-state index < -0.39 is 11.7 Å². The minimum absolute atomic E-state index is 0.0422. The fourth-order valence-corrected chi connectivity index (χ4v) is 4.42. The van der Waals surface area contributed by atoms with Gasteiger partial charge in [0.15, 0.2) is 0 Å². The van der Waals surface area contributed by atoms with Crippen LogP contribution in [0.1, 0.15) is 70.4 Å². The van der Waals surface area contributed by atoms with E-state index in [1.54, 1.807) is 18.2 Å². The lowest BCUT2D eigenvalue weighted by atomic mass is 9.89. The number of allylic oxidation sites excluding steroid dienone is 1. The quantitative estimate of drug-likeness (QED) is 0.419. The maximum absolute atomic E-state index is 14.2. The van der Waals surface area contributed by atoms with Gasteiger partial charge in [-0.05, 0) is 67.3 Å². The van der Waals surface area contributed by atoms with Gasteiger partial charge in [-0.25, -0.2) is 0 Å². The number of halogens is 3. The van der Waals surface area contributed by atoms with E-state index in [-0.39, 0.29) is 17.2 Å². The van der Waals surface area contributed by atoms with Gasteiger partial charge >= 0.3 is 6.18 Å². The number of nitrogens with zero attached hydrogens (tertiary/aromatic N) is 1. The van der Waals surface area contributed by atoms with Gasteiger partial charge in [-0.3, -0.25) is 0 Å². The standard InChI is InChI=1S/C26H34F3NO/c1-5-6-16-30(18(2)3)17-20-8-7-9-23-22(20)14-15-24(25(23)26(27,28)29)31-21-12-10-19(4)11-13-21/h7-9,14-15,19,21H,2,5-6,10-13,16-17H2,1,3-4H3. The van der Waals surface area contributed by atoms with Crippen molar-refractivity contribution < 1.29 is 17.9 Å². The molecule has 0 bridgehead atoms. The highest BCUT2D eigenvalue weighted by Gasteiger charge is 2.37. The van der Waals surface area contributed by atoms with Crippen LogP contribution in [0.5, 0.6) is 5.75 Å². The van der Waals surface area contributed by atoms with E-state index in [1.165, 1.54) is 6.07 Å². The number of rotatable bonds is 8. The highest BCUT2D eigenvalue weighted by Crippen LogP contribution is 2.43. The van der Waals surface area contributed by atoms with E-state index >= 15 is 0 Å². The van der Waals surface area contributed by atoms with E-state index in [0.717, 1.165) is 56.3 Å². The molecule has 3 rings (SSSR count). The van der Waals surface area contributed by atoms with Crippen LogP contribution < -0.4 is 4.74 Å². The molecule has 2 aromatic carbocycles. The van der Waals surface area contributed by atoms with Crippen molar-refractivity contribution in [2.24, 2.45) is 5.92 Å². The fraction of sp³-hybridized carbons (Fsp3) is 0.538. The molecule has 0 saturated heterocycles. The van der Waals surface area contributed by atoms with E-state index in [2.05, 4.69) is 25.3 Å². The molecule has 0 heterocycles. The van der Waals surface area contributed by atoms with E-state index in [1.807, 2.05) is 13.0 Å². The van der Waals surface area contributed by atoms with Crippen molar-refractivity contribution in [3.8, 4) is 5.75 Å². The summed E-state index contributed by atoms with van der Waals surface area (Å²) in [5.74, 6) is 0.574. The first-order valence-electron chi connectivity index (χ1n) is 11.4. The van der Waals surface area contributed by atoms with Gasteiger partial charge in [0.25, 0.3) is 0 Å². The van der Waals surface area contributed by atoms with E-state index in [0.29, 0.717) is 17.8 Å². The van der Waals surface area contributed by atoms with Crippen LogP contribution in [0.25, 0.3) is 10.8 Å².